The molecule has 0 aliphatic heterocycles. The Kier molecular flexibility index (Phi) is 59.7. The molecule has 0 spiro atoms. The molecule has 0 aliphatic carbocycles. The SMILES string of the molecule is CCCCCCC/C=C\C/C=C\C/C=C\CCCCCCCCCCCCCCCCC(=O)OCC(COC(=O)CCCCCCCCCCCC)OC(=O)CCCCCCC/C=C\CCCCCCCCC. The first-order chi connectivity index (χ1) is 36.0. The van der Waals surface area contributed by atoms with Gasteiger partial charge in [0.05, 0.1) is 0 Å². The molecule has 1 atom stereocenters. The molecule has 73 heavy (non-hydrogen) atoms. The minimum absolute atomic E-state index is 0.0725. The summed E-state index contributed by atoms with van der Waals surface area (Å²) in [7, 11) is 0. The van der Waals surface area contributed by atoms with Gasteiger partial charge in [0.25, 0.3) is 0 Å². The van der Waals surface area contributed by atoms with E-state index < -0.39 is 6.10 Å². The molecule has 0 heterocycles. The number of hydrogen-bond donors (Lipinski definition) is 0. The molecular weight excluding hydrogens is 901 g/mol. The second kappa shape index (κ2) is 61.9. The summed E-state index contributed by atoms with van der Waals surface area (Å²) in [5.41, 5.74) is 0. The maximum atomic E-state index is 12.9. The third kappa shape index (κ3) is 60.1. The Morgan fingerprint density at radius 3 is 0.781 bits per heavy atom. The van der Waals surface area contributed by atoms with Crippen molar-refractivity contribution in [3.05, 3.63) is 48.6 Å². The van der Waals surface area contributed by atoms with Gasteiger partial charge in [-0.1, -0.05) is 288 Å². The van der Waals surface area contributed by atoms with E-state index in [4.69, 9.17) is 14.2 Å². The average molecular weight is 1020 g/mol. The molecule has 6 heteroatoms. The van der Waals surface area contributed by atoms with Gasteiger partial charge in [-0.25, -0.2) is 0 Å². The Balaban J connectivity index is 4.15. The molecule has 0 radical (unpaired) electrons. The Bertz CT molecular complexity index is 1270. The van der Waals surface area contributed by atoms with Crippen LogP contribution in [0.15, 0.2) is 48.6 Å². The summed E-state index contributed by atoms with van der Waals surface area (Å²) in [6, 6.07) is 0. The number of hydrogen-bond acceptors (Lipinski definition) is 6. The summed E-state index contributed by atoms with van der Waals surface area (Å²) in [6.07, 6.45) is 77.0. The quantitative estimate of drug-likeness (QED) is 0.0261. The molecule has 0 rings (SSSR count). The van der Waals surface area contributed by atoms with Crippen molar-refractivity contribution in [3.8, 4) is 0 Å². The van der Waals surface area contributed by atoms with E-state index in [0.29, 0.717) is 19.3 Å². The van der Waals surface area contributed by atoms with Crippen LogP contribution in [-0.2, 0) is 28.6 Å². The highest BCUT2D eigenvalue weighted by Crippen LogP contribution is 2.17. The lowest BCUT2D eigenvalue weighted by Gasteiger charge is -2.18. The number of carbonyl (C=O) groups is 3. The van der Waals surface area contributed by atoms with Crippen molar-refractivity contribution < 1.29 is 28.6 Å². The van der Waals surface area contributed by atoms with E-state index in [2.05, 4.69) is 69.4 Å². The average Bonchev–Trinajstić information content (AvgIpc) is 3.39. The molecule has 426 valence electrons. The zero-order valence-corrected chi connectivity index (χ0v) is 48.9. The van der Waals surface area contributed by atoms with Gasteiger partial charge in [0.1, 0.15) is 13.2 Å². The Morgan fingerprint density at radius 1 is 0.274 bits per heavy atom. The fourth-order valence-corrected chi connectivity index (χ4v) is 9.45. The van der Waals surface area contributed by atoms with E-state index in [1.54, 1.807) is 0 Å². The van der Waals surface area contributed by atoms with Gasteiger partial charge in [0.2, 0.25) is 0 Å². The lowest BCUT2D eigenvalue weighted by Crippen LogP contribution is -2.30. The lowest BCUT2D eigenvalue weighted by molar-refractivity contribution is -0.167. The van der Waals surface area contributed by atoms with Gasteiger partial charge in [-0.2, -0.15) is 0 Å². The Labute approximate surface area is 454 Å². The number of allylic oxidation sites excluding steroid dienone is 8. The van der Waals surface area contributed by atoms with Crippen molar-refractivity contribution in [2.45, 2.75) is 348 Å². The van der Waals surface area contributed by atoms with Crippen LogP contribution in [0.1, 0.15) is 342 Å². The zero-order valence-electron chi connectivity index (χ0n) is 48.9. The maximum Gasteiger partial charge on any atom is 0.306 e. The van der Waals surface area contributed by atoms with E-state index >= 15 is 0 Å². The molecule has 0 bridgehead atoms. The molecule has 0 aromatic carbocycles. The van der Waals surface area contributed by atoms with Crippen LogP contribution in [0, 0.1) is 0 Å². The van der Waals surface area contributed by atoms with Crippen molar-refractivity contribution in [2.75, 3.05) is 13.2 Å². The normalized spacial score (nSPS) is 12.3. The molecule has 0 N–H and O–H groups in total. The molecule has 0 saturated heterocycles. The summed E-state index contributed by atoms with van der Waals surface area (Å²) < 4.78 is 16.9. The predicted molar refractivity (Wildman–Crippen MR) is 316 cm³/mol. The van der Waals surface area contributed by atoms with Crippen LogP contribution >= 0.6 is 0 Å². The molecule has 0 aromatic heterocycles. The molecule has 0 fully saturated rings. The number of carbonyl (C=O) groups excluding carboxylic acids is 3. The first kappa shape index (κ1) is 70.4. The maximum absolute atomic E-state index is 12.9. The van der Waals surface area contributed by atoms with E-state index in [0.717, 1.165) is 77.0 Å². The summed E-state index contributed by atoms with van der Waals surface area (Å²) in [5, 5.41) is 0. The predicted octanol–water partition coefficient (Wildman–Crippen LogP) is 21.8. The summed E-state index contributed by atoms with van der Waals surface area (Å²) in [4.78, 5) is 38.2. The van der Waals surface area contributed by atoms with Crippen LogP contribution in [0.4, 0.5) is 0 Å². The molecule has 0 aliphatic rings. The highest BCUT2D eigenvalue weighted by Gasteiger charge is 2.19. The third-order valence-corrected chi connectivity index (χ3v) is 14.3. The molecular formula is C67H122O6. The highest BCUT2D eigenvalue weighted by molar-refractivity contribution is 5.71. The Morgan fingerprint density at radius 2 is 0.493 bits per heavy atom. The van der Waals surface area contributed by atoms with E-state index in [-0.39, 0.29) is 31.1 Å². The van der Waals surface area contributed by atoms with Gasteiger partial charge in [0, 0.05) is 19.3 Å². The first-order valence-electron chi connectivity index (χ1n) is 32.1. The van der Waals surface area contributed by atoms with Gasteiger partial charge in [0.15, 0.2) is 6.10 Å². The van der Waals surface area contributed by atoms with Gasteiger partial charge < -0.3 is 14.2 Å². The van der Waals surface area contributed by atoms with Gasteiger partial charge in [-0.3, -0.25) is 14.4 Å². The largest absolute Gasteiger partial charge is 0.462 e. The lowest BCUT2D eigenvalue weighted by atomic mass is 10.0. The highest BCUT2D eigenvalue weighted by atomic mass is 16.6. The minimum atomic E-state index is -0.774. The van der Waals surface area contributed by atoms with Crippen LogP contribution in [-0.4, -0.2) is 37.2 Å². The number of ether oxygens (including phenoxy) is 3. The molecule has 0 amide bonds. The van der Waals surface area contributed by atoms with Gasteiger partial charge >= 0.3 is 17.9 Å². The number of esters is 3. The third-order valence-electron chi connectivity index (χ3n) is 14.3. The standard InChI is InChI=1S/C67H122O6/c1-4-7-10-13-16-19-22-24-26-28-29-30-31-32-33-34-35-36-37-38-39-40-42-43-45-48-51-54-57-60-66(69)72-63-64(62-71-65(68)59-56-53-50-47-21-18-15-12-9-6-3)73-67(70)61-58-55-52-49-46-44-41-27-25-23-20-17-14-11-8-5-2/h22,24,27-29,31-32,41,64H,4-21,23,25-26,30,33-40,42-63H2,1-3H3/b24-22-,29-28-,32-31-,41-27-. The summed E-state index contributed by atoms with van der Waals surface area (Å²) in [5.74, 6) is -0.865. The van der Waals surface area contributed by atoms with Crippen LogP contribution in [0.3, 0.4) is 0 Å². The van der Waals surface area contributed by atoms with Crippen LogP contribution in [0.2, 0.25) is 0 Å². The smallest absolute Gasteiger partial charge is 0.306 e. The fourth-order valence-electron chi connectivity index (χ4n) is 9.45. The second-order valence-electron chi connectivity index (χ2n) is 21.7. The van der Waals surface area contributed by atoms with Crippen LogP contribution < -0.4 is 0 Å². The van der Waals surface area contributed by atoms with Crippen molar-refractivity contribution in [1.82, 2.24) is 0 Å². The molecule has 0 saturated carbocycles. The minimum Gasteiger partial charge on any atom is -0.462 e. The number of unbranched alkanes of at least 4 members (excludes halogenated alkanes) is 40. The van der Waals surface area contributed by atoms with Crippen LogP contribution in [0.5, 0.6) is 0 Å². The fraction of sp³-hybridized carbons (Fsp3) is 0.836. The summed E-state index contributed by atoms with van der Waals surface area (Å²) in [6.45, 7) is 6.65. The zero-order chi connectivity index (χ0) is 52.9. The number of rotatable bonds is 59. The van der Waals surface area contributed by atoms with Crippen LogP contribution in [0.25, 0.3) is 0 Å². The monoisotopic (exact) mass is 1020 g/mol. The van der Waals surface area contributed by atoms with E-state index in [1.165, 1.54) is 225 Å². The molecule has 1 unspecified atom stereocenters. The summed E-state index contributed by atoms with van der Waals surface area (Å²) >= 11 is 0. The molecule has 0 aromatic rings. The van der Waals surface area contributed by atoms with E-state index in [1.807, 2.05) is 0 Å². The van der Waals surface area contributed by atoms with Crippen molar-refractivity contribution >= 4 is 17.9 Å². The van der Waals surface area contributed by atoms with Crippen molar-refractivity contribution in [1.29, 1.82) is 0 Å². The second-order valence-corrected chi connectivity index (χ2v) is 21.7. The first-order valence-corrected chi connectivity index (χ1v) is 32.1. The van der Waals surface area contributed by atoms with Gasteiger partial charge in [-0.05, 0) is 83.5 Å². The Hall–Kier alpha value is -2.63. The molecule has 6 nitrogen and oxygen atoms in total. The van der Waals surface area contributed by atoms with Crippen molar-refractivity contribution in [3.63, 3.8) is 0 Å². The van der Waals surface area contributed by atoms with Crippen molar-refractivity contribution in [2.24, 2.45) is 0 Å². The van der Waals surface area contributed by atoms with E-state index in [9.17, 15) is 14.4 Å². The topological polar surface area (TPSA) is 78.9 Å². The van der Waals surface area contributed by atoms with Gasteiger partial charge in [-0.15, -0.1) is 0 Å².